The molecular weight excluding hydrogens is 445 g/mol. The van der Waals surface area contributed by atoms with Crippen molar-refractivity contribution in [1.29, 1.82) is 0 Å². The number of likely N-dealkylation sites (tertiary alicyclic amines) is 1. The van der Waals surface area contributed by atoms with Crippen LogP contribution in [0.25, 0.3) is 0 Å². The van der Waals surface area contributed by atoms with Crippen molar-refractivity contribution in [3.8, 4) is 0 Å². The Hall–Kier alpha value is -2.57. The number of rotatable bonds is 12. The van der Waals surface area contributed by atoms with Gasteiger partial charge >= 0.3 is 5.97 Å². The quantitative estimate of drug-likeness (QED) is 0.384. The van der Waals surface area contributed by atoms with E-state index < -0.39 is 0 Å². The summed E-state index contributed by atoms with van der Waals surface area (Å²) < 4.78 is 25.0. The molecule has 0 bridgehead atoms. The number of benzene rings is 2. The third-order valence-electron chi connectivity index (χ3n) is 6.81. The Balaban J connectivity index is 1.54. The fourth-order valence-electron chi connectivity index (χ4n) is 4.95. The maximum Gasteiger partial charge on any atom is 0.306 e. The lowest BCUT2D eigenvalue weighted by molar-refractivity contribution is -0.143. The highest BCUT2D eigenvalue weighted by Crippen LogP contribution is 2.27. The second kappa shape index (κ2) is 12.9. The van der Waals surface area contributed by atoms with Crippen molar-refractivity contribution in [3.05, 3.63) is 70.0 Å². The number of ether oxygens (including phenoxy) is 2. The summed E-state index contributed by atoms with van der Waals surface area (Å²) >= 11 is 0. The van der Waals surface area contributed by atoms with Crippen LogP contribution in [0.2, 0.25) is 0 Å². The van der Waals surface area contributed by atoms with Crippen LogP contribution in [0.15, 0.2) is 36.4 Å². The lowest BCUT2D eigenvalue weighted by atomic mass is 9.95. The molecule has 6 heteroatoms. The van der Waals surface area contributed by atoms with E-state index in [1.807, 2.05) is 44.2 Å². The molecule has 1 fully saturated rings. The van der Waals surface area contributed by atoms with E-state index in [1.165, 1.54) is 0 Å². The molecule has 0 aromatic heterocycles. The molecule has 2 unspecified atom stereocenters. The number of aryl methyl sites for hydroxylation is 3. The lowest BCUT2D eigenvalue weighted by Crippen LogP contribution is -2.37. The molecule has 0 spiro atoms. The van der Waals surface area contributed by atoms with Crippen LogP contribution in [0, 0.1) is 19.7 Å². The van der Waals surface area contributed by atoms with Crippen LogP contribution in [0.5, 0.6) is 0 Å². The molecule has 0 aliphatic carbocycles. The average Bonchev–Trinajstić information content (AvgIpc) is 3.25. The van der Waals surface area contributed by atoms with Gasteiger partial charge in [0.1, 0.15) is 12.4 Å². The summed E-state index contributed by atoms with van der Waals surface area (Å²) in [6.07, 6.45) is 3.42. The minimum Gasteiger partial charge on any atom is -0.466 e. The number of carbonyl (C=O) groups excluding carboxylic acids is 2. The van der Waals surface area contributed by atoms with Crippen molar-refractivity contribution in [3.63, 3.8) is 0 Å². The van der Waals surface area contributed by atoms with Gasteiger partial charge in [-0.1, -0.05) is 30.3 Å². The van der Waals surface area contributed by atoms with E-state index in [-0.39, 0.29) is 36.3 Å². The van der Waals surface area contributed by atoms with Gasteiger partial charge < -0.3 is 9.47 Å². The zero-order valence-electron chi connectivity index (χ0n) is 21.4. The van der Waals surface area contributed by atoms with Gasteiger partial charge in [-0.3, -0.25) is 14.5 Å². The normalized spacial score (nSPS) is 16.9. The number of carbonyl (C=O) groups is 2. The maximum absolute atomic E-state index is 13.9. The molecule has 0 N–H and O–H groups in total. The first-order chi connectivity index (χ1) is 16.8. The number of hydrogen-bond donors (Lipinski definition) is 0. The number of halogens is 1. The molecule has 1 saturated heterocycles. The molecule has 1 heterocycles. The minimum absolute atomic E-state index is 0.0369. The zero-order valence-corrected chi connectivity index (χ0v) is 21.4. The number of nitrogens with zero attached hydrogens (tertiary/aromatic N) is 1. The minimum atomic E-state index is -0.262. The Morgan fingerprint density at radius 1 is 1.17 bits per heavy atom. The van der Waals surface area contributed by atoms with Gasteiger partial charge in [-0.05, 0) is 93.8 Å². The number of Topliss-reactive ketones (excluding diaryl/α,β-unsaturated/α-hetero) is 1. The van der Waals surface area contributed by atoms with Crippen molar-refractivity contribution in [2.24, 2.45) is 0 Å². The molecule has 2 atom stereocenters. The summed E-state index contributed by atoms with van der Waals surface area (Å²) in [4.78, 5) is 26.8. The Labute approximate surface area is 208 Å². The van der Waals surface area contributed by atoms with Crippen LogP contribution in [0.3, 0.4) is 0 Å². The van der Waals surface area contributed by atoms with Gasteiger partial charge in [0, 0.05) is 12.5 Å². The molecule has 35 heavy (non-hydrogen) atoms. The summed E-state index contributed by atoms with van der Waals surface area (Å²) in [5.41, 5.74) is 4.78. The largest absolute Gasteiger partial charge is 0.466 e. The summed E-state index contributed by atoms with van der Waals surface area (Å²) in [5.74, 6) is -0.346. The summed E-state index contributed by atoms with van der Waals surface area (Å²) in [7, 11) is 0. The van der Waals surface area contributed by atoms with E-state index in [0.29, 0.717) is 31.6 Å². The maximum atomic E-state index is 13.9. The Bertz CT molecular complexity index is 1020. The Kier molecular flexibility index (Phi) is 9.99. The second-order valence-electron chi connectivity index (χ2n) is 9.50. The van der Waals surface area contributed by atoms with Gasteiger partial charge in [-0.25, -0.2) is 4.39 Å². The highest BCUT2D eigenvalue weighted by atomic mass is 19.1. The smallest absolute Gasteiger partial charge is 0.306 e. The van der Waals surface area contributed by atoms with E-state index in [0.717, 1.165) is 48.1 Å². The predicted molar refractivity (Wildman–Crippen MR) is 135 cm³/mol. The number of hydrogen-bond acceptors (Lipinski definition) is 5. The molecule has 5 nitrogen and oxygen atoms in total. The molecule has 2 aromatic carbocycles. The Morgan fingerprint density at radius 2 is 1.97 bits per heavy atom. The van der Waals surface area contributed by atoms with Crippen LogP contribution in [0.1, 0.15) is 67.0 Å². The summed E-state index contributed by atoms with van der Waals surface area (Å²) in [6, 6.07) is 11.6. The second-order valence-corrected chi connectivity index (χ2v) is 9.50. The molecule has 0 amide bonds. The van der Waals surface area contributed by atoms with E-state index in [2.05, 4.69) is 4.90 Å². The van der Waals surface area contributed by atoms with E-state index in [1.54, 1.807) is 19.9 Å². The first kappa shape index (κ1) is 27.0. The first-order valence-electron chi connectivity index (χ1n) is 12.6. The van der Waals surface area contributed by atoms with E-state index in [4.69, 9.17) is 9.47 Å². The molecule has 190 valence electrons. The molecule has 2 aromatic rings. The van der Waals surface area contributed by atoms with Crippen molar-refractivity contribution in [2.75, 3.05) is 26.3 Å². The highest BCUT2D eigenvalue weighted by molar-refractivity contribution is 5.81. The fourth-order valence-corrected chi connectivity index (χ4v) is 4.95. The van der Waals surface area contributed by atoms with Crippen molar-refractivity contribution in [2.45, 2.75) is 71.9 Å². The van der Waals surface area contributed by atoms with Crippen molar-refractivity contribution in [1.82, 2.24) is 4.90 Å². The number of esters is 1. The number of ketones is 1. The third kappa shape index (κ3) is 7.71. The molecule has 0 saturated carbocycles. The topological polar surface area (TPSA) is 55.8 Å². The molecule has 1 aliphatic rings. The van der Waals surface area contributed by atoms with Crippen LogP contribution in [-0.2, 0) is 31.9 Å². The van der Waals surface area contributed by atoms with Gasteiger partial charge in [0.25, 0.3) is 0 Å². The Morgan fingerprint density at radius 3 is 2.71 bits per heavy atom. The third-order valence-corrected chi connectivity index (χ3v) is 6.81. The van der Waals surface area contributed by atoms with Crippen LogP contribution >= 0.6 is 0 Å². The van der Waals surface area contributed by atoms with Crippen LogP contribution < -0.4 is 0 Å². The predicted octanol–water partition coefficient (Wildman–Crippen LogP) is 5.29. The molecular formula is C29H38FNO4. The monoisotopic (exact) mass is 483 g/mol. The van der Waals surface area contributed by atoms with Gasteiger partial charge in [0.2, 0.25) is 0 Å². The van der Waals surface area contributed by atoms with Gasteiger partial charge in [0.05, 0.1) is 19.3 Å². The molecule has 0 radical (unpaired) electrons. The van der Waals surface area contributed by atoms with E-state index >= 15 is 0 Å². The average molecular weight is 484 g/mol. The van der Waals surface area contributed by atoms with Crippen LogP contribution in [0.4, 0.5) is 4.39 Å². The molecule has 1 aliphatic heterocycles. The van der Waals surface area contributed by atoms with Gasteiger partial charge in [0.15, 0.2) is 5.78 Å². The first-order valence-corrected chi connectivity index (χ1v) is 12.6. The SMILES string of the molecule is CCOC(=O)CCc1cccc(C)c1C(C)OCC(=O)CN1CCCC1Cc1ccc(C)c(F)c1. The van der Waals surface area contributed by atoms with Crippen molar-refractivity contribution < 1.29 is 23.5 Å². The van der Waals surface area contributed by atoms with Crippen molar-refractivity contribution >= 4 is 11.8 Å². The summed E-state index contributed by atoms with van der Waals surface area (Å²) in [5, 5.41) is 0. The standard InChI is InChI=1S/C29H38FNO4/c1-5-34-28(33)14-13-24-9-6-8-21(3)29(24)22(4)35-19-26(32)18-31-15-7-10-25(31)16-23-12-11-20(2)27(30)17-23/h6,8-9,11-12,17,22,25H,5,7,10,13-16,18-19H2,1-4H3. The summed E-state index contributed by atoms with van der Waals surface area (Å²) in [6.45, 7) is 9.17. The van der Waals surface area contributed by atoms with E-state index in [9.17, 15) is 14.0 Å². The highest BCUT2D eigenvalue weighted by Gasteiger charge is 2.27. The van der Waals surface area contributed by atoms with Crippen LogP contribution in [-0.4, -0.2) is 49.0 Å². The molecule has 3 rings (SSSR count). The lowest BCUT2D eigenvalue weighted by Gasteiger charge is -2.25. The van der Waals surface area contributed by atoms with Gasteiger partial charge in [-0.2, -0.15) is 0 Å². The fraction of sp³-hybridized carbons (Fsp3) is 0.517. The zero-order chi connectivity index (χ0) is 25.4. The van der Waals surface area contributed by atoms with Gasteiger partial charge in [-0.15, -0.1) is 0 Å².